The van der Waals surface area contributed by atoms with Gasteiger partial charge in [-0.05, 0) is 31.6 Å². The first-order valence-electron chi connectivity index (χ1n) is 31.1. The molecule has 78 heavy (non-hydrogen) atoms. The minimum absolute atomic E-state index is 0.103. The van der Waals surface area contributed by atoms with Gasteiger partial charge in [-0.15, -0.1) is 0 Å². The molecule has 0 aliphatic carbocycles. The third-order valence-electron chi connectivity index (χ3n) is 13.5. The molecule has 0 aliphatic heterocycles. The van der Waals surface area contributed by atoms with Gasteiger partial charge in [-0.1, -0.05) is 240 Å². The Morgan fingerprint density at radius 2 is 0.590 bits per heavy atom. The van der Waals surface area contributed by atoms with Crippen molar-refractivity contribution in [2.75, 3.05) is 39.6 Å². The Kier molecular flexibility index (Phi) is 51.8. The van der Waals surface area contributed by atoms with Crippen LogP contribution in [0.25, 0.3) is 0 Å². The third-order valence-corrected chi connectivity index (χ3v) is 15.4. The van der Waals surface area contributed by atoms with Gasteiger partial charge in [0.1, 0.15) is 19.3 Å². The monoisotopic (exact) mass is 1160 g/mol. The molecule has 0 amide bonds. The highest BCUT2D eigenvalue weighted by atomic mass is 31.2. The number of aliphatic hydroxyl groups is 1. The van der Waals surface area contributed by atoms with Crippen LogP contribution < -0.4 is 0 Å². The second-order valence-corrected chi connectivity index (χ2v) is 24.8. The molecule has 5 atom stereocenters. The first-order chi connectivity index (χ1) is 37.5. The average molecular weight is 1160 g/mol. The number of phosphoric ester groups is 2. The van der Waals surface area contributed by atoms with Crippen molar-refractivity contribution >= 4 is 39.5 Å². The molecule has 19 heteroatoms. The Labute approximate surface area is 473 Å². The number of carbonyl (C=O) groups is 4. The molecule has 462 valence electrons. The maximum atomic E-state index is 12.9. The van der Waals surface area contributed by atoms with Crippen LogP contribution >= 0.6 is 15.6 Å². The lowest BCUT2D eigenvalue weighted by atomic mass is 10.0. The van der Waals surface area contributed by atoms with Gasteiger partial charge in [-0.3, -0.25) is 37.3 Å². The molecule has 17 nitrogen and oxygen atoms in total. The highest BCUT2D eigenvalue weighted by Gasteiger charge is 2.30. The highest BCUT2D eigenvalue weighted by molar-refractivity contribution is 7.47. The summed E-state index contributed by atoms with van der Waals surface area (Å²) >= 11 is 0. The third kappa shape index (κ3) is 53.4. The summed E-state index contributed by atoms with van der Waals surface area (Å²) in [5.74, 6) is -1.39. The van der Waals surface area contributed by atoms with Crippen molar-refractivity contribution in [2.45, 2.75) is 310 Å². The Balaban J connectivity index is 5.16. The molecule has 0 aliphatic rings. The van der Waals surface area contributed by atoms with E-state index in [1.807, 2.05) is 0 Å². The predicted octanol–water partition coefficient (Wildman–Crippen LogP) is 15.8. The van der Waals surface area contributed by atoms with E-state index in [1.54, 1.807) is 0 Å². The predicted molar refractivity (Wildman–Crippen MR) is 308 cm³/mol. The maximum absolute atomic E-state index is 12.9. The number of aliphatic hydroxyl groups excluding tert-OH is 1. The van der Waals surface area contributed by atoms with Gasteiger partial charge < -0.3 is 33.8 Å². The van der Waals surface area contributed by atoms with Crippen LogP contribution in [0.1, 0.15) is 291 Å². The van der Waals surface area contributed by atoms with E-state index in [0.29, 0.717) is 25.7 Å². The Morgan fingerprint density at radius 1 is 0.346 bits per heavy atom. The van der Waals surface area contributed by atoms with Crippen molar-refractivity contribution in [2.24, 2.45) is 5.92 Å². The van der Waals surface area contributed by atoms with Crippen LogP contribution in [0, 0.1) is 5.92 Å². The van der Waals surface area contributed by atoms with Crippen molar-refractivity contribution in [1.29, 1.82) is 0 Å². The van der Waals surface area contributed by atoms with Crippen molar-refractivity contribution < 1.29 is 80.2 Å². The zero-order valence-electron chi connectivity index (χ0n) is 49.8. The van der Waals surface area contributed by atoms with Crippen LogP contribution in [-0.4, -0.2) is 96.7 Å². The lowest BCUT2D eigenvalue weighted by Crippen LogP contribution is -2.30. The number of ether oxygens (including phenoxy) is 4. The van der Waals surface area contributed by atoms with Gasteiger partial charge >= 0.3 is 39.5 Å². The molecule has 0 saturated carbocycles. The van der Waals surface area contributed by atoms with E-state index in [0.717, 1.165) is 115 Å². The summed E-state index contributed by atoms with van der Waals surface area (Å²) in [5.41, 5.74) is 0. The molecule has 0 fully saturated rings. The summed E-state index contributed by atoms with van der Waals surface area (Å²) in [6.07, 6.45) is 35.3. The van der Waals surface area contributed by atoms with E-state index >= 15 is 0 Å². The molecular weight excluding hydrogens is 1040 g/mol. The summed E-state index contributed by atoms with van der Waals surface area (Å²) in [7, 11) is -9.86. The molecular formula is C59H114O17P2. The number of carbonyl (C=O) groups excluding carboxylic acids is 4. The summed E-state index contributed by atoms with van der Waals surface area (Å²) in [5, 5.41) is 10.5. The first-order valence-corrected chi connectivity index (χ1v) is 34.1. The van der Waals surface area contributed by atoms with Crippen LogP contribution in [0.4, 0.5) is 0 Å². The first kappa shape index (κ1) is 76.1. The van der Waals surface area contributed by atoms with E-state index < -0.39 is 97.5 Å². The molecule has 0 saturated heterocycles. The Hall–Kier alpha value is -1.94. The fourth-order valence-electron chi connectivity index (χ4n) is 8.70. The number of hydrogen-bond acceptors (Lipinski definition) is 15. The Morgan fingerprint density at radius 3 is 0.872 bits per heavy atom. The molecule has 3 N–H and O–H groups in total. The number of hydrogen-bond donors (Lipinski definition) is 3. The Bertz CT molecular complexity index is 1530. The lowest BCUT2D eigenvalue weighted by Gasteiger charge is -2.21. The second-order valence-electron chi connectivity index (χ2n) is 21.9. The van der Waals surface area contributed by atoms with Crippen molar-refractivity contribution in [3.63, 3.8) is 0 Å². The zero-order chi connectivity index (χ0) is 57.8. The number of phosphoric acid groups is 2. The number of rotatable bonds is 59. The average Bonchev–Trinajstić information content (AvgIpc) is 3.40. The van der Waals surface area contributed by atoms with Crippen LogP contribution in [0.2, 0.25) is 0 Å². The van der Waals surface area contributed by atoms with E-state index in [9.17, 15) is 43.2 Å². The highest BCUT2D eigenvalue weighted by Crippen LogP contribution is 2.45. The van der Waals surface area contributed by atoms with Gasteiger partial charge in [0.25, 0.3) is 0 Å². The molecule has 0 aromatic carbocycles. The fourth-order valence-corrected chi connectivity index (χ4v) is 10.3. The van der Waals surface area contributed by atoms with Crippen molar-refractivity contribution in [3.05, 3.63) is 0 Å². The molecule has 0 heterocycles. The van der Waals surface area contributed by atoms with Crippen LogP contribution in [0.5, 0.6) is 0 Å². The largest absolute Gasteiger partial charge is 0.472 e. The van der Waals surface area contributed by atoms with E-state index in [2.05, 4.69) is 34.6 Å². The van der Waals surface area contributed by atoms with E-state index in [4.69, 9.17) is 37.0 Å². The van der Waals surface area contributed by atoms with Crippen LogP contribution in [0.3, 0.4) is 0 Å². The molecule has 0 radical (unpaired) electrons. The number of esters is 4. The summed E-state index contributed by atoms with van der Waals surface area (Å²) in [4.78, 5) is 71.6. The van der Waals surface area contributed by atoms with Crippen LogP contribution in [-0.2, 0) is 65.4 Å². The second kappa shape index (κ2) is 53.1. The van der Waals surface area contributed by atoms with Gasteiger partial charge in [0.2, 0.25) is 0 Å². The van der Waals surface area contributed by atoms with Gasteiger partial charge in [-0.2, -0.15) is 0 Å². The van der Waals surface area contributed by atoms with E-state index in [-0.39, 0.29) is 25.7 Å². The topological polar surface area (TPSA) is 237 Å². The van der Waals surface area contributed by atoms with Gasteiger partial charge in [-0.25, -0.2) is 9.13 Å². The van der Waals surface area contributed by atoms with Crippen molar-refractivity contribution in [1.82, 2.24) is 0 Å². The summed E-state index contributed by atoms with van der Waals surface area (Å²) in [6.45, 7) is 7.03. The molecule has 0 aromatic rings. The van der Waals surface area contributed by atoms with Gasteiger partial charge in [0.05, 0.1) is 26.4 Å². The smallest absolute Gasteiger partial charge is 0.462 e. The van der Waals surface area contributed by atoms with Gasteiger partial charge in [0.15, 0.2) is 12.2 Å². The minimum atomic E-state index is -4.94. The quantitative estimate of drug-likeness (QED) is 0.0222. The SMILES string of the molecule is CCCCCCCCCCCCCCC(=O)OC[C@H](COP(=O)(O)OC[C@@H](O)COP(=O)(O)OC[C@@H](COC(=O)CCCCCCC)OC(=O)CCCCCCCCC)OC(=O)CCCCCCCCCCCCCC(C)C. The zero-order valence-corrected chi connectivity index (χ0v) is 51.6. The number of unbranched alkanes of at least 4 members (excludes halogenated alkanes) is 31. The van der Waals surface area contributed by atoms with Crippen LogP contribution in [0.15, 0.2) is 0 Å². The van der Waals surface area contributed by atoms with Gasteiger partial charge in [0, 0.05) is 25.7 Å². The van der Waals surface area contributed by atoms with Crippen molar-refractivity contribution in [3.8, 4) is 0 Å². The summed E-state index contributed by atoms with van der Waals surface area (Å²) in [6, 6.07) is 0. The molecule has 0 aromatic heterocycles. The lowest BCUT2D eigenvalue weighted by molar-refractivity contribution is -0.161. The standard InChI is InChI=1S/C59H114O17P2/c1-6-9-12-15-17-18-19-22-25-29-33-38-43-57(62)70-49-55(76-59(64)45-40-35-30-26-23-20-21-24-28-32-36-41-52(4)5)51-74-78(67,68)72-47-53(60)46-71-77(65,66)73-50-54(48-69-56(61)42-37-31-14-11-8-3)75-58(63)44-39-34-27-16-13-10-7-2/h52-55,60H,6-51H2,1-5H3,(H,65,66)(H,67,68)/t53-,54+,55+/m0/s1. The fraction of sp³-hybridized carbons (Fsp3) is 0.932. The van der Waals surface area contributed by atoms with E-state index in [1.165, 1.54) is 96.3 Å². The summed E-state index contributed by atoms with van der Waals surface area (Å²) < 4.78 is 67.5. The molecule has 0 rings (SSSR count). The molecule has 0 spiro atoms. The minimum Gasteiger partial charge on any atom is -0.462 e. The molecule has 2 unspecified atom stereocenters. The normalized spacial score (nSPS) is 14.4. The maximum Gasteiger partial charge on any atom is 0.472 e. The molecule has 0 bridgehead atoms.